The number of aromatic carboxylic acids is 1. The summed E-state index contributed by atoms with van der Waals surface area (Å²) < 4.78 is 10.8. The Bertz CT molecular complexity index is 1270. The number of carbonyl (C=O) groups is 2. The van der Waals surface area contributed by atoms with Gasteiger partial charge in [0.1, 0.15) is 0 Å². The van der Waals surface area contributed by atoms with E-state index >= 15 is 0 Å². The summed E-state index contributed by atoms with van der Waals surface area (Å²) in [6.07, 6.45) is 0. The lowest BCUT2D eigenvalue weighted by Crippen LogP contribution is -2.46. The van der Waals surface area contributed by atoms with Crippen LogP contribution in [0, 0.1) is 0 Å². The highest BCUT2D eigenvalue weighted by Gasteiger charge is 2.23. The van der Waals surface area contributed by atoms with Crippen LogP contribution in [-0.4, -0.2) is 54.9 Å². The van der Waals surface area contributed by atoms with Crippen molar-refractivity contribution in [3.63, 3.8) is 0 Å². The van der Waals surface area contributed by atoms with Gasteiger partial charge in [0.15, 0.2) is 11.5 Å². The number of halogens is 1. The van der Waals surface area contributed by atoms with Crippen molar-refractivity contribution in [1.82, 2.24) is 4.90 Å². The predicted octanol–water partition coefficient (Wildman–Crippen LogP) is 4.34. The molecule has 1 amide bonds. The molecule has 0 saturated carbocycles. The van der Waals surface area contributed by atoms with Gasteiger partial charge in [-0.15, -0.1) is 0 Å². The zero-order valence-electron chi connectivity index (χ0n) is 18.9. The van der Waals surface area contributed by atoms with Crippen molar-refractivity contribution < 1.29 is 24.2 Å². The van der Waals surface area contributed by atoms with Crippen molar-refractivity contribution in [1.29, 1.82) is 0 Å². The number of carboxylic acid groups (broad SMARTS) is 1. The van der Waals surface area contributed by atoms with E-state index in [0.29, 0.717) is 35.1 Å². The summed E-state index contributed by atoms with van der Waals surface area (Å²) in [5, 5.41) is 13.1. The van der Waals surface area contributed by atoms with Gasteiger partial charge in [0.25, 0.3) is 5.91 Å². The first-order valence-electron chi connectivity index (χ1n) is 11.3. The molecule has 5 rings (SSSR count). The second kappa shape index (κ2) is 9.85. The van der Waals surface area contributed by atoms with Crippen LogP contribution >= 0.6 is 11.6 Å². The Morgan fingerprint density at radius 2 is 1.74 bits per heavy atom. The molecule has 35 heavy (non-hydrogen) atoms. The van der Waals surface area contributed by atoms with E-state index in [1.165, 1.54) is 6.07 Å². The lowest BCUT2D eigenvalue weighted by atomic mass is 10.1. The van der Waals surface area contributed by atoms with Gasteiger partial charge < -0.3 is 24.8 Å². The third-order valence-corrected chi connectivity index (χ3v) is 6.36. The molecule has 180 valence electrons. The monoisotopic (exact) mass is 493 g/mol. The Morgan fingerprint density at radius 1 is 0.943 bits per heavy atom. The molecular formula is C26H24ClN3O5. The third-order valence-electron chi connectivity index (χ3n) is 6.13. The molecule has 0 radical (unpaired) electrons. The van der Waals surface area contributed by atoms with E-state index in [1.54, 1.807) is 36.4 Å². The van der Waals surface area contributed by atoms with Crippen molar-refractivity contribution >= 4 is 34.9 Å². The number of anilines is 2. The molecule has 9 heteroatoms. The molecular weight excluding hydrogens is 470 g/mol. The van der Waals surface area contributed by atoms with Crippen molar-refractivity contribution in [2.24, 2.45) is 0 Å². The average molecular weight is 494 g/mol. The van der Waals surface area contributed by atoms with E-state index in [4.69, 9.17) is 21.1 Å². The van der Waals surface area contributed by atoms with E-state index in [1.807, 2.05) is 18.2 Å². The van der Waals surface area contributed by atoms with Crippen molar-refractivity contribution in [2.75, 3.05) is 43.2 Å². The Kier molecular flexibility index (Phi) is 6.48. The molecule has 0 unspecified atom stereocenters. The maximum Gasteiger partial charge on any atom is 0.337 e. The Morgan fingerprint density at radius 3 is 2.51 bits per heavy atom. The highest BCUT2D eigenvalue weighted by molar-refractivity contribution is 6.31. The molecule has 0 atom stereocenters. The molecule has 8 nitrogen and oxygen atoms in total. The maximum absolute atomic E-state index is 12.5. The number of carboxylic acids is 1. The van der Waals surface area contributed by atoms with Crippen LogP contribution in [0.5, 0.6) is 11.5 Å². The molecule has 0 spiro atoms. The van der Waals surface area contributed by atoms with E-state index in [2.05, 4.69) is 15.1 Å². The molecule has 1 saturated heterocycles. The van der Waals surface area contributed by atoms with E-state index in [9.17, 15) is 14.7 Å². The first-order valence-corrected chi connectivity index (χ1v) is 11.6. The lowest BCUT2D eigenvalue weighted by molar-refractivity contribution is 0.0697. The van der Waals surface area contributed by atoms with Crippen molar-refractivity contribution in [2.45, 2.75) is 6.54 Å². The maximum atomic E-state index is 12.5. The van der Waals surface area contributed by atoms with E-state index < -0.39 is 5.97 Å². The van der Waals surface area contributed by atoms with Gasteiger partial charge in [-0.3, -0.25) is 9.69 Å². The molecule has 0 aliphatic carbocycles. The van der Waals surface area contributed by atoms with Crippen LogP contribution in [-0.2, 0) is 6.54 Å². The average Bonchev–Trinajstić information content (AvgIpc) is 3.32. The van der Waals surface area contributed by atoms with Gasteiger partial charge in [-0.25, -0.2) is 4.79 Å². The quantitative estimate of drug-likeness (QED) is 0.527. The second-order valence-electron chi connectivity index (χ2n) is 8.45. The number of hydrogen-bond donors (Lipinski definition) is 2. The number of hydrogen-bond acceptors (Lipinski definition) is 6. The highest BCUT2D eigenvalue weighted by atomic mass is 35.5. The van der Waals surface area contributed by atoms with Gasteiger partial charge >= 0.3 is 5.97 Å². The molecule has 2 heterocycles. The number of amides is 1. The largest absolute Gasteiger partial charge is 0.478 e. The van der Waals surface area contributed by atoms with Crippen LogP contribution in [0.2, 0.25) is 5.02 Å². The fraction of sp³-hybridized carbons (Fsp3) is 0.231. The number of nitrogens with one attached hydrogen (secondary N) is 1. The van der Waals surface area contributed by atoms with Gasteiger partial charge in [-0.1, -0.05) is 23.7 Å². The zero-order chi connectivity index (χ0) is 24.4. The standard InChI is InChI=1S/C26H24ClN3O5/c27-19-3-1-2-18(13-19)25(31)28-20-5-6-22(21(14-20)26(32)33)30-10-8-29(9-11-30)15-17-4-7-23-24(12-17)35-16-34-23/h1-7,12-14H,8-11,15-16H2,(H,28,31)(H,32,33). The molecule has 2 aliphatic rings. The van der Waals surface area contributed by atoms with E-state index in [-0.39, 0.29) is 18.3 Å². The number of carbonyl (C=O) groups excluding carboxylic acids is 1. The van der Waals surface area contributed by atoms with Crippen LogP contribution in [0.15, 0.2) is 60.7 Å². The van der Waals surface area contributed by atoms with Crippen molar-refractivity contribution in [3.05, 3.63) is 82.4 Å². The summed E-state index contributed by atoms with van der Waals surface area (Å²) in [6, 6.07) is 17.5. The summed E-state index contributed by atoms with van der Waals surface area (Å²) >= 11 is 5.97. The Hall–Kier alpha value is -3.75. The normalized spacial score (nSPS) is 15.2. The number of nitrogens with zero attached hydrogens (tertiary/aromatic N) is 2. The minimum atomic E-state index is -1.04. The van der Waals surface area contributed by atoms with Gasteiger partial charge in [-0.2, -0.15) is 0 Å². The lowest BCUT2D eigenvalue weighted by Gasteiger charge is -2.36. The minimum absolute atomic E-state index is 0.151. The van der Waals surface area contributed by atoms with Crippen LogP contribution in [0.4, 0.5) is 11.4 Å². The van der Waals surface area contributed by atoms with Crippen LogP contribution in [0.1, 0.15) is 26.3 Å². The number of piperazine rings is 1. The Labute approximate surface area is 207 Å². The number of fused-ring (bicyclic) bond motifs is 1. The number of benzene rings is 3. The van der Waals surface area contributed by atoms with Crippen LogP contribution in [0.3, 0.4) is 0 Å². The molecule has 3 aromatic rings. The zero-order valence-corrected chi connectivity index (χ0v) is 19.6. The summed E-state index contributed by atoms with van der Waals surface area (Å²) in [6.45, 7) is 4.01. The molecule has 0 aromatic heterocycles. The smallest absolute Gasteiger partial charge is 0.337 e. The topological polar surface area (TPSA) is 91.3 Å². The number of ether oxygens (including phenoxy) is 2. The summed E-state index contributed by atoms with van der Waals surface area (Å²) in [7, 11) is 0. The fourth-order valence-corrected chi connectivity index (χ4v) is 4.53. The minimum Gasteiger partial charge on any atom is -0.478 e. The predicted molar refractivity (Wildman–Crippen MR) is 133 cm³/mol. The van der Waals surface area contributed by atoms with Crippen molar-refractivity contribution in [3.8, 4) is 11.5 Å². The molecule has 1 fully saturated rings. The first kappa shape index (κ1) is 23.0. The first-order chi connectivity index (χ1) is 17.0. The van der Waals surface area contributed by atoms with Gasteiger partial charge in [-0.05, 0) is 54.1 Å². The van der Waals surface area contributed by atoms with Gasteiger partial charge in [0.05, 0.1) is 11.3 Å². The number of rotatable bonds is 6. The fourth-order valence-electron chi connectivity index (χ4n) is 4.34. The third kappa shape index (κ3) is 5.18. The van der Waals surface area contributed by atoms with Gasteiger partial charge in [0.2, 0.25) is 6.79 Å². The second-order valence-corrected chi connectivity index (χ2v) is 8.89. The molecule has 2 N–H and O–H groups in total. The SMILES string of the molecule is O=C(Nc1ccc(N2CCN(Cc3ccc4c(c3)OCO4)CC2)c(C(=O)O)c1)c1cccc(Cl)c1. The summed E-state index contributed by atoms with van der Waals surface area (Å²) in [5.74, 6) is 0.150. The van der Waals surface area contributed by atoms with Crippen LogP contribution in [0.25, 0.3) is 0 Å². The van der Waals surface area contributed by atoms with Gasteiger partial charge in [0, 0.05) is 49.0 Å². The highest BCUT2D eigenvalue weighted by Crippen LogP contribution is 2.33. The van der Waals surface area contributed by atoms with E-state index in [0.717, 1.165) is 36.7 Å². The summed E-state index contributed by atoms with van der Waals surface area (Å²) in [5.41, 5.74) is 2.75. The molecule has 0 bridgehead atoms. The molecule has 2 aliphatic heterocycles. The summed E-state index contributed by atoms with van der Waals surface area (Å²) in [4.78, 5) is 29.0. The molecule has 3 aromatic carbocycles. The Balaban J connectivity index is 1.24. The van der Waals surface area contributed by atoms with Crippen LogP contribution < -0.4 is 19.7 Å².